The van der Waals surface area contributed by atoms with Gasteiger partial charge in [0, 0.05) is 0 Å². The van der Waals surface area contributed by atoms with Gasteiger partial charge in [-0.3, -0.25) is 0 Å². The van der Waals surface area contributed by atoms with Crippen LogP contribution in [-0.2, 0) is 22.5 Å². The van der Waals surface area contributed by atoms with Gasteiger partial charge in [-0.15, -0.1) is 0 Å². The molecule has 13 nitrogen and oxygen atoms in total. The van der Waals surface area contributed by atoms with E-state index in [-0.39, 0.29) is 49.2 Å². The number of rotatable bonds is 2. The van der Waals surface area contributed by atoms with Crippen molar-refractivity contribution in [3.63, 3.8) is 0 Å². The van der Waals surface area contributed by atoms with Gasteiger partial charge in [-0.1, -0.05) is 0 Å². The monoisotopic (exact) mass is 536 g/mol. The van der Waals surface area contributed by atoms with Crippen LogP contribution in [-0.4, -0.2) is 0 Å². The Kier molecular flexibility index (Phi) is 14.3. The van der Waals surface area contributed by atoms with E-state index in [9.17, 15) is 10.7 Å². The molecule has 0 saturated carbocycles. The standard InChI is InChI=1S/2ClO.4ClH.8H3N.3O.Ru/c2*1-2;;;;;;;;;;;;;;;;/h;;4*1H;8*1H3;;;;/q2*-1;;;;;;;;;;;;;;;;-2/p+4. The van der Waals surface area contributed by atoms with Gasteiger partial charge in [-0.2, -0.15) is 0 Å². The van der Waals surface area contributed by atoms with Crippen molar-refractivity contribution in [2.24, 2.45) is 0 Å². The van der Waals surface area contributed by atoms with Crippen LogP contribution in [0.25, 0.3) is 0 Å². The summed E-state index contributed by atoms with van der Waals surface area (Å²) in [4.78, 5) is 0. The second kappa shape index (κ2) is 4.93. The van der Waals surface area contributed by atoms with E-state index < -0.39 is 5.51 Å². The summed E-state index contributed by atoms with van der Waals surface area (Å²) < 4.78 is 38.7. The summed E-state index contributed by atoms with van der Waals surface area (Å²) in [6.45, 7) is 0. The van der Waals surface area contributed by atoms with Gasteiger partial charge in [-0.05, 0) is 0 Å². The second-order valence-corrected chi connectivity index (χ2v) is 40.9. The van der Waals surface area contributed by atoms with Crippen molar-refractivity contribution in [3.05, 3.63) is 0 Å². The molecule has 20 heavy (non-hydrogen) atoms. The molecule has 0 unspecified atom stereocenters. The first-order valence-corrected chi connectivity index (χ1v) is 14.7. The molecule has 0 fully saturated rings. The van der Waals surface area contributed by atoms with E-state index in [0.717, 1.165) is 0 Å². The molecule has 0 aromatic carbocycles. The van der Waals surface area contributed by atoms with Gasteiger partial charge < -0.3 is 49.2 Å². The van der Waals surface area contributed by atoms with Crippen molar-refractivity contribution < 1.29 is 22.5 Å². The molecule has 0 saturated heterocycles. The number of hydrogen-bond donors (Lipinski definition) is 8. The Morgan fingerprint density at radius 1 is 0.500 bits per heavy atom. The zero-order valence-electron chi connectivity index (χ0n) is 12.7. The Bertz CT molecular complexity index is 621. The van der Waals surface area contributed by atoms with Gasteiger partial charge in [0.25, 0.3) is 0 Å². The molecule has 0 bridgehead atoms. The first-order valence-electron chi connectivity index (χ1n) is 1.56. The van der Waals surface area contributed by atoms with Gasteiger partial charge in [0.05, 0.1) is 0 Å². The van der Waals surface area contributed by atoms with Gasteiger partial charge in [0.1, 0.15) is 0 Å². The topological polar surface area (TPSA) is 362 Å². The normalized spacial score (nSPS) is 18.6. The minimum absolute atomic E-state index is 0. The molecule has 0 amide bonds. The second-order valence-electron chi connectivity index (χ2n) is 2.09. The average Bonchev–Trinajstić information content (AvgIpc) is 1.64. The number of quaternary nitrogens is 8. The third-order valence-corrected chi connectivity index (χ3v) is 11.9. The van der Waals surface area contributed by atoms with Crippen LogP contribution >= 0.6 is 62.5 Å². The predicted octanol–water partition coefficient (Wildman–Crippen LogP) is 6.65. The minimum atomic E-state index is -11.1. The molecular weight excluding hydrogens is 506 g/mol. The summed E-state index contributed by atoms with van der Waals surface area (Å²) in [5, 5.41) is 0. The zero-order valence-corrected chi connectivity index (χ0v) is 18.9. The fourth-order valence-electron chi connectivity index (χ4n) is 0.00842. The average molecular weight is 538 g/mol. The van der Waals surface area contributed by atoms with Crippen molar-refractivity contribution >= 4 is 62.5 Å². The molecular formula is H32Cl6N8O5Ru. The van der Waals surface area contributed by atoms with Crippen molar-refractivity contribution in [2.75, 3.05) is 0 Å². The molecule has 0 aliphatic heterocycles. The van der Waals surface area contributed by atoms with Crippen molar-refractivity contribution in [3.8, 4) is 0 Å². The fourth-order valence-corrected chi connectivity index (χ4v) is 0.448. The van der Waals surface area contributed by atoms with Crippen LogP contribution in [0.2, 0.25) is 0 Å². The zero-order chi connectivity index (χ0) is 10.7. The van der Waals surface area contributed by atoms with E-state index in [1.165, 1.54) is 0 Å². The molecule has 32 N–H and O–H groups in total. The third kappa shape index (κ3) is 21.7. The SMILES string of the molecule is [NH4+].[NH4+].[NH4+].[NH4+].[NH4+].[NH4+].[NH4+].[NH4+].[O]=[Ru-8](=[O])(=[O])([Cl])([Cl])([Cl])([Cl])([O]Cl)[O]Cl. The van der Waals surface area contributed by atoms with Crippen molar-refractivity contribution in [1.29, 1.82) is 0 Å². The van der Waals surface area contributed by atoms with Crippen LogP contribution in [0.1, 0.15) is 0 Å². The maximum atomic E-state index is 11.1. The molecule has 0 aliphatic carbocycles. The van der Waals surface area contributed by atoms with Crippen molar-refractivity contribution in [2.45, 2.75) is 0 Å². The fraction of sp³-hybridized carbons (Fsp3) is 0. The summed E-state index contributed by atoms with van der Waals surface area (Å²) in [6, 6.07) is 0. The molecule has 0 spiro atoms. The van der Waals surface area contributed by atoms with Gasteiger partial charge in [-0.25, -0.2) is 0 Å². The van der Waals surface area contributed by atoms with E-state index in [2.05, 4.69) is 68.7 Å². The van der Waals surface area contributed by atoms with Crippen LogP contribution in [0.15, 0.2) is 0 Å². The summed E-state index contributed by atoms with van der Waals surface area (Å²) in [6.07, 6.45) is 0. The Labute approximate surface area is 133 Å². The summed E-state index contributed by atoms with van der Waals surface area (Å²) in [5.41, 5.74) is -11.1. The summed E-state index contributed by atoms with van der Waals surface area (Å²) in [7, 11) is 17.0. The van der Waals surface area contributed by atoms with Crippen LogP contribution in [0.4, 0.5) is 0 Å². The van der Waals surface area contributed by atoms with Gasteiger partial charge in [0.15, 0.2) is 0 Å². The van der Waals surface area contributed by atoms with E-state index in [4.69, 9.17) is 0 Å². The van der Waals surface area contributed by atoms with Crippen LogP contribution in [0.3, 0.4) is 0 Å². The van der Waals surface area contributed by atoms with Crippen LogP contribution < -0.4 is 49.2 Å². The van der Waals surface area contributed by atoms with Gasteiger partial charge in [0.2, 0.25) is 0 Å². The quantitative estimate of drug-likeness (QED) is 0.178. The van der Waals surface area contributed by atoms with Crippen molar-refractivity contribution in [1.82, 2.24) is 49.2 Å². The predicted molar refractivity (Wildman–Crippen MR) is 87.2 cm³/mol. The van der Waals surface area contributed by atoms with E-state index in [0.29, 0.717) is 0 Å². The molecule has 0 aromatic heterocycles. The Morgan fingerprint density at radius 2 is 0.600 bits per heavy atom. The molecule has 0 aromatic rings. The number of halogens is 6. The van der Waals surface area contributed by atoms with E-state index in [1.807, 2.05) is 0 Å². The molecule has 0 aliphatic rings. The summed E-state index contributed by atoms with van der Waals surface area (Å²) in [5.74, 6) is 0. The molecule has 0 rings (SSSR count). The van der Waals surface area contributed by atoms with Crippen LogP contribution in [0, 0.1) is 0 Å². The summed E-state index contributed by atoms with van der Waals surface area (Å²) >= 11 is 8.38. The van der Waals surface area contributed by atoms with Crippen LogP contribution in [0.5, 0.6) is 0 Å². The Morgan fingerprint density at radius 3 is 0.600 bits per heavy atom. The molecule has 0 atom stereocenters. The van der Waals surface area contributed by atoms with E-state index in [1.54, 1.807) is 0 Å². The first kappa shape index (κ1) is 58.0. The third-order valence-electron chi connectivity index (χ3n) is 0.343. The Balaban J connectivity index is -0.0000000216. The Hall–Kier alpha value is 1.36. The number of hydrogen-bond acceptors (Lipinski definition) is 5. The van der Waals surface area contributed by atoms with Gasteiger partial charge >= 0.3 is 85.0 Å². The maximum absolute atomic E-state index is 11.1. The van der Waals surface area contributed by atoms with E-state index >= 15 is 0 Å². The molecule has 0 heterocycles. The molecule has 0 radical (unpaired) electrons. The molecule has 152 valence electrons. The first-order chi connectivity index (χ1) is 4.22. The molecule has 20 heteroatoms.